The molecule has 0 amide bonds. The van der Waals surface area contributed by atoms with E-state index in [-0.39, 0.29) is 0 Å². The first-order valence-electron chi connectivity index (χ1n) is 3.23. The number of nitrogens with zero attached hydrogens (tertiary/aromatic N) is 1. The van der Waals surface area contributed by atoms with E-state index in [4.69, 9.17) is 10.8 Å². The Labute approximate surface area is 63.7 Å². The van der Waals surface area contributed by atoms with Gasteiger partial charge in [-0.1, -0.05) is 0 Å². The summed E-state index contributed by atoms with van der Waals surface area (Å²) >= 11 is 0. The molecule has 0 rings (SSSR count). The summed E-state index contributed by atoms with van der Waals surface area (Å²) in [6, 6.07) is -0.906. The maximum Gasteiger partial charge on any atom is 0.327 e. The standard InChI is InChI=1S/C5H11N3O3/c6-3-1-2-4(5(9)10)7-8-11/h4H,1-3,6H2,(H,7,11)(H,9,10)/t4-/m0/s1. The van der Waals surface area contributed by atoms with Crippen molar-refractivity contribution in [2.24, 2.45) is 11.0 Å². The van der Waals surface area contributed by atoms with E-state index in [0.29, 0.717) is 19.4 Å². The highest BCUT2D eigenvalue weighted by Gasteiger charge is 2.15. The molecule has 0 fully saturated rings. The summed E-state index contributed by atoms with van der Waals surface area (Å²) in [7, 11) is 0. The van der Waals surface area contributed by atoms with Crippen LogP contribution in [-0.4, -0.2) is 23.7 Å². The van der Waals surface area contributed by atoms with Crippen LogP contribution in [0.1, 0.15) is 12.8 Å². The zero-order valence-corrected chi connectivity index (χ0v) is 5.99. The van der Waals surface area contributed by atoms with Crippen molar-refractivity contribution in [2.45, 2.75) is 18.9 Å². The average Bonchev–Trinajstić information content (AvgIpc) is 1.97. The van der Waals surface area contributed by atoms with Crippen LogP contribution in [0.2, 0.25) is 0 Å². The van der Waals surface area contributed by atoms with Gasteiger partial charge < -0.3 is 10.8 Å². The molecule has 0 aromatic carbocycles. The molecule has 6 nitrogen and oxygen atoms in total. The Morgan fingerprint density at radius 2 is 2.36 bits per heavy atom. The van der Waals surface area contributed by atoms with Gasteiger partial charge >= 0.3 is 5.97 Å². The number of nitroso groups, excluding NO2 is 1. The summed E-state index contributed by atoms with van der Waals surface area (Å²) < 4.78 is 0. The molecule has 0 aromatic rings. The van der Waals surface area contributed by atoms with Crippen molar-refractivity contribution in [3.05, 3.63) is 4.91 Å². The summed E-state index contributed by atoms with van der Waals surface area (Å²) in [4.78, 5) is 19.9. The van der Waals surface area contributed by atoms with E-state index >= 15 is 0 Å². The molecule has 0 bridgehead atoms. The molecule has 0 aliphatic rings. The number of nitrogens with two attached hydrogens (primary N) is 1. The first-order chi connectivity index (χ1) is 5.22. The Balaban J connectivity index is 3.69. The summed E-state index contributed by atoms with van der Waals surface area (Å²) in [5.41, 5.74) is 7.07. The zero-order chi connectivity index (χ0) is 8.69. The van der Waals surface area contributed by atoms with Crippen LogP contribution in [0.3, 0.4) is 0 Å². The van der Waals surface area contributed by atoms with Crippen LogP contribution in [0.15, 0.2) is 5.29 Å². The summed E-state index contributed by atoms with van der Waals surface area (Å²) in [6.45, 7) is 0.407. The van der Waals surface area contributed by atoms with E-state index in [0.717, 1.165) is 0 Å². The van der Waals surface area contributed by atoms with Crippen molar-refractivity contribution in [2.75, 3.05) is 6.54 Å². The number of hydrogen-bond donors (Lipinski definition) is 3. The van der Waals surface area contributed by atoms with Gasteiger partial charge in [-0.15, -0.1) is 4.91 Å². The van der Waals surface area contributed by atoms with Crippen molar-refractivity contribution in [3.63, 3.8) is 0 Å². The number of carbonyl (C=O) groups is 1. The lowest BCUT2D eigenvalue weighted by atomic mass is 10.2. The topological polar surface area (TPSA) is 105 Å². The highest BCUT2D eigenvalue weighted by atomic mass is 16.4. The van der Waals surface area contributed by atoms with Crippen LogP contribution in [0.25, 0.3) is 0 Å². The van der Waals surface area contributed by atoms with Crippen molar-refractivity contribution >= 4 is 5.97 Å². The van der Waals surface area contributed by atoms with Gasteiger partial charge in [0.2, 0.25) is 0 Å². The quantitative estimate of drug-likeness (QED) is 0.358. The van der Waals surface area contributed by atoms with E-state index in [9.17, 15) is 9.70 Å². The second kappa shape index (κ2) is 5.60. The molecule has 0 aliphatic heterocycles. The summed E-state index contributed by atoms with van der Waals surface area (Å²) in [6.07, 6.45) is 0.872. The van der Waals surface area contributed by atoms with Gasteiger partial charge in [-0.05, 0) is 19.4 Å². The second-order valence-corrected chi connectivity index (χ2v) is 2.04. The van der Waals surface area contributed by atoms with Gasteiger partial charge in [0, 0.05) is 0 Å². The molecule has 11 heavy (non-hydrogen) atoms. The monoisotopic (exact) mass is 161 g/mol. The Kier molecular flexibility index (Phi) is 5.01. The third-order valence-corrected chi connectivity index (χ3v) is 1.20. The number of carboxylic acid groups (broad SMARTS) is 1. The number of carboxylic acids is 1. The lowest BCUT2D eigenvalue weighted by molar-refractivity contribution is -0.139. The van der Waals surface area contributed by atoms with Gasteiger partial charge in [-0.2, -0.15) is 0 Å². The fourth-order valence-electron chi connectivity index (χ4n) is 0.629. The lowest BCUT2D eigenvalue weighted by Crippen LogP contribution is -2.33. The van der Waals surface area contributed by atoms with E-state index < -0.39 is 12.0 Å². The minimum absolute atomic E-state index is 0.317. The minimum Gasteiger partial charge on any atom is -0.480 e. The maximum absolute atomic E-state index is 10.3. The van der Waals surface area contributed by atoms with E-state index in [1.165, 1.54) is 0 Å². The summed E-state index contributed by atoms with van der Waals surface area (Å²) in [5, 5.41) is 10.7. The van der Waals surface area contributed by atoms with Gasteiger partial charge in [0.25, 0.3) is 0 Å². The lowest BCUT2D eigenvalue weighted by Gasteiger charge is -2.07. The van der Waals surface area contributed by atoms with Crippen LogP contribution < -0.4 is 11.2 Å². The maximum atomic E-state index is 10.3. The molecular formula is C5H11N3O3. The second-order valence-electron chi connectivity index (χ2n) is 2.04. The molecule has 0 saturated carbocycles. The highest BCUT2D eigenvalue weighted by molar-refractivity contribution is 5.73. The summed E-state index contributed by atoms with van der Waals surface area (Å²) in [5.74, 6) is -1.09. The Morgan fingerprint density at radius 3 is 2.73 bits per heavy atom. The zero-order valence-electron chi connectivity index (χ0n) is 5.99. The third-order valence-electron chi connectivity index (χ3n) is 1.20. The Hall–Kier alpha value is -1.17. The van der Waals surface area contributed by atoms with Crippen LogP contribution in [-0.2, 0) is 4.79 Å². The van der Waals surface area contributed by atoms with Gasteiger partial charge in [0.05, 0.1) is 5.29 Å². The first-order valence-corrected chi connectivity index (χ1v) is 3.23. The van der Waals surface area contributed by atoms with E-state index in [2.05, 4.69) is 5.29 Å². The van der Waals surface area contributed by atoms with Crippen LogP contribution in [0.4, 0.5) is 0 Å². The molecule has 0 heterocycles. The molecule has 64 valence electrons. The highest BCUT2D eigenvalue weighted by Crippen LogP contribution is 1.95. The SMILES string of the molecule is NCCC[C@H](NN=O)C(=O)O. The first kappa shape index (κ1) is 9.83. The molecule has 4 N–H and O–H groups in total. The normalized spacial score (nSPS) is 12.1. The van der Waals surface area contributed by atoms with Crippen LogP contribution >= 0.6 is 0 Å². The Bertz CT molecular complexity index is 139. The average molecular weight is 161 g/mol. The van der Waals surface area contributed by atoms with Gasteiger partial charge in [-0.25, -0.2) is 4.79 Å². The smallest absolute Gasteiger partial charge is 0.327 e. The molecule has 0 aliphatic carbocycles. The molecule has 6 heteroatoms. The van der Waals surface area contributed by atoms with Crippen LogP contribution in [0.5, 0.6) is 0 Å². The van der Waals surface area contributed by atoms with Gasteiger partial charge in [-0.3, -0.25) is 5.43 Å². The molecule has 0 saturated heterocycles. The van der Waals surface area contributed by atoms with Gasteiger partial charge in [0.1, 0.15) is 6.04 Å². The Morgan fingerprint density at radius 1 is 1.73 bits per heavy atom. The molecule has 0 radical (unpaired) electrons. The van der Waals surface area contributed by atoms with Crippen LogP contribution in [0, 0.1) is 4.91 Å². The number of rotatable bonds is 6. The number of hydrogen-bond acceptors (Lipinski definition) is 4. The van der Waals surface area contributed by atoms with E-state index in [1.54, 1.807) is 0 Å². The molecule has 0 aromatic heterocycles. The fourth-order valence-corrected chi connectivity index (χ4v) is 0.629. The molecule has 0 spiro atoms. The van der Waals surface area contributed by atoms with Crippen molar-refractivity contribution in [1.29, 1.82) is 0 Å². The third kappa shape index (κ3) is 4.26. The molecule has 0 unspecified atom stereocenters. The van der Waals surface area contributed by atoms with Crippen molar-refractivity contribution in [1.82, 2.24) is 5.43 Å². The number of nitrogens with one attached hydrogen (secondary N) is 1. The molecular weight excluding hydrogens is 150 g/mol. The largest absolute Gasteiger partial charge is 0.480 e. The van der Waals surface area contributed by atoms with Crippen molar-refractivity contribution in [3.8, 4) is 0 Å². The van der Waals surface area contributed by atoms with E-state index in [1.807, 2.05) is 5.43 Å². The predicted octanol–water partition coefficient (Wildman–Crippen LogP) is -0.550. The minimum atomic E-state index is -1.09. The number of aliphatic carboxylic acids is 1. The molecule has 1 atom stereocenters. The fraction of sp³-hybridized carbons (Fsp3) is 0.800. The predicted molar refractivity (Wildman–Crippen MR) is 38.6 cm³/mol. The van der Waals surface area contributed by atoms with Crippen molar-refractivity contribution < 1.29 is 9.90 Å². The van der Waals surface area contributed by atoms with Gasteiger partial charge in [0.15, 0.2) is 0 Å².